The Morgan fingerprint density at radius 1 is 1.21 bits per heavy atom. The predicted molar refractivity (Wildman–Crippen MR) is 85.1 cm³/mol. The summed E-state index contributed by atoms with van der Waals surface area (Å²) in [5, 5.41) is 7.94. The van der Waals surface area contributed by atoms with E-state index in [1.165, 1.54) is 29.5 Å². The number of likely N-dealkylation sites (N-methyl/N-ethyl adjacent to an activating group) is 1. The van der Waals surface area contributed by atoms with Crippen molar-refractivity contribution < 1.29 is 0 Å². The van der Waals surface area contributed by atoms with Crippen molar-refractivity contribution in [1.29, 1.82) is 0 Å². The van der Waals surface area contributed by atoms with Crippen molar-refractivity contribution in [3.63, 3.8) is 0 Å². The fourth-order valence-electron chi connectivity index (χ4n) is 2.51. The van der Waals surface area contributed by atoms with E-state index in [0.717, 1.165) is 13.1 Å². The number of aryl methyl sites for hydroxylation is 2. The second-order valence-corrected chi connectivity index (χ2v) is 5.81. The van der Waals surface area contributed by atoms with Crippen LogP contribution in [0.1, 0.15) is 36.0 Å². The van der Waals surface area contributed by atoms with Crippen molar-refractivity contribution in [2.24, 2.45) is 0 Å². The summed E-state index contributed by atoms with van der Waals surface area (Å²) in [5.41, 5.74) is 4.38. The summed E-state index contributed by atoms with van der Waals surface area (Å²) < 4.78 is 0. The Hall–Kier alpha value is -1.12. The molecule has 2 heteroatoms. The summed E-state index contributed by atoms with van der Waals surface area (Å²) in [7, 11) is 0. The van der Waals surface area contributed by atoms with Crippen molar-refractivity contribution in [2.75, 3.05) is 13.1 Å². The van der Waals surface area contributed by atoms with Gasteiger partial charge in [0.2, 0.25) is 0 Å². The summed E-state index contributed by atoms with van der Waals surface area (Å²) >= 11 is 1.79. The van der Waals surface area contributed by atoms with Gasteiger partial charge in [0.25, 0.3) is 0 Å². The summed E-state index contributed by atoms with van der Waals surface area (Å²) in [4.78, 5) is 0. The van der Waals surface area contributed by atoms with E-state index in [4.69, 9.17) is 0 Å². The molecule has 0 spiro atoms. The lowest BCUT2D eigenvalue weighted by Gasteiger charge is -2.19. The second-order valence-electron chi connectivity index (χ2n) is 5.03. The minimum Gasteiger partial charge on any atom is -0.316 e. The van der Waals surface area contributed by atoms with Crippen LogP contribution in [0.25, 0.3) is 0 Å². The number of rotatable bonds is 7. The Morgan fingerprint density at radius 2 is 2.05 bits per heavy atom. The summed E-state index contributed by atoms with van der Waals surface area (Å²) in [6.45, 7) is 6.51. The average molecular weight is 273 g/mol. The highest BCUT2D eigenvalue weighted by atomic mass is 32.1. The van der Waals surface area contributed by atoms with Gasteiger partial charge in [-0.15, -0.1) is 0 Å². The SMILES string of the molecule is CCNCC(CCc1ccsc1)c1ccccc1C. The molecule has 0 aliphatic rings. The van der Waals surface area contributed by atoms with E-state index in [-0.39, 0.29) is 0 Å². The topological polar surface area (TPSA) is 12.0 Å². The van der Waals surface area contributed by atoms with Gasteiger partial charge in [0.15, 0.2) is 0 Å². The molecule has 0 saturated heterocycles. The van der Waals surface area contributed by atoms with Gasteiger partial charge in [0, 0.05) is 6.54 Å². The first-order valence-corrected chi connectivity index (χ1v) is 8.03. The van der Waals surface area contributed by atoms with Gasteiger partial charge in [0.05, 0.1) is 0 Å². The first kappa shape index (κ1) is 14.3. The Morgan fingerprint density at radius 3 is 2.74 bits per heavy atom. The van der Waals surface area contributed by atoms with Crippen LogP contribution in [0.2, 0.25) is 0 Å². The molecular weight excluding hydrogens is 250 g/mol. The molecule has 1 N–H and O–H groups in total. The molecule has 102 valence electrons. The van der Waals surface area contributed by atoms with Crippen LogP contribution in [-0.2, 0) is 6.42 Å². The van der Waals surface area contributed by atoms with E-state index >= 15 is 0 Å². The standard InChI is InChI=1S/C17H23NS/c1-3-18-12-16(9-8-15-10-11-19-13-15)17-7-5-4-6-14(17)2/h4-7,10-11,13,16,18H,3,8-9,12H2,1-2H3. The third kappa shape index (κ3) is 4.19. The summed E-state index contributed by atoms with van der Waals surface area (Å²) in [6.07, 6.45) is 2.39. The van der Waals surface area contributed by atoms with Gasteiger partial charge in [-0.1, -0.05) is 31.2 Å². The van der Waals surface area contributed by atoms with Gasteiger partial charge in [-0.2, -0.15) is 11.3 Å². The molecule has 0 bridgehead atoms. The molecule has 1 nitrogen and oxygen atoms in total. The molecule has 0 fully saturated rings. The molecule has 0 radical (unpaired) electrons. The third-order valence-corrected chi connectivity index (χ3v) is 4.36. The van der Waals surface area contributed by atoms with Gasteiger partial charge in [-0.3, -0.25) is 0 Å². The van der Waals surface area contributed by atoms with Crippen LogP contribution in [-0.4, -0.2) is 13.1 Å². The number of nitrogens with one attached hydrogen (secondary N) is 1. The van der Waals surface area contributed by atoms with Crippen LogP contribution in [0.4, 0.5) is 0 Å². The smallest absolute Gasteiger partial charge is 0.00202 e. The highest BCUT2D eigenvalue weighted by Gasteiger charge is 2.13. The molecule has 0 aliphatic heterocycles. The Bertz CT molecular complexity index is 476. The molecule has 1 heterocycles. The molecule has 0 amide bonds. The fourth-order valence-corrected chi connectivity index (χ4v) is 3.21. The Kier molecular flexibility index (Phi) is 5.62. The molecule has 19 heavy (non-hydrogen) atoms. The highest BCUT2D eigenvalue weighted by Crippen LogP contribution is 2.24. The zero-order valence-electron chi connectivity index (χ0n) is 11.9. The first-order chi connectivity index (χ1) is 9.31. The van der Waals surface area contributed by atoms with Crippen LogP contribution in [0.5, 0.6) is 0 Å². The summed E-state index contributed by atoms with van der Waals surface area (Å²) in [6, 6.07) is 11.0. The average Bonchev–Trinajstić information content (AvgIpc) is 2.93. The minimum absolute atomic E-state index is 0.612. The van der Waals surface area contributed by atoms with E-state index in [0.29, 0.717) is 5.92 Å². The van der Waals surface area contributed by atoms with Crippen molar-refractivity contribution in [2.45, 2.75) is 32.6 Å². The van der Waals surface area contributed by atoms with Crippen molar-refractivity contribution >= 4 is 11.3 Å². The number of hydrogen-bond acceptors (Lipinski definition) is 2. The Labute approximate surface area is 120 Å². The molecular formula is C17H23NS. The largest absolute Gasteiger partial charge is 0.316 e. The van der Waals surface area contributed by atoms with Crippen LogP contribution in [0, 0.1) is 6.92 Å². The monoisotopic (exact) mass is 273 g/mol. The molecule has 2 rings (SSSR count). The normalized spacial score (nSPS) is 12.5. The number of hydrogen-bond donors (Lipinski definition) is 1. The maximum absolute atomic E-state index is 3.51. The maximum atomic E-state index is 3.51. The lowest BCUT2D eigenvalue weighted by atomic mass is 9.90. The van der Waals surface area contributed by atoms with Crippen molar-refractivity contribution in [3.05, 3.63) is 57.8 Å². The number of benzene rings is 1. The lowest BCUT2D eigenvalue weighted by Crippen LogP contribution is -2.22. The molecule has 2 aromatic rings. The molecule has 0 aliphatic carbocycles. The second kappa shape index (κ2) is 7.46. The van der Waals surface area contributed by atoms with Gasteiger partial charge in [-0.25, -0.2) is 0 Å². The van der Waals surface area contributed by atoms with Gasteiger partial charge >= 0.3 is 0 Å². The van der Waals surface area contributed by atoms with E-state index < -0.39 is 0 Å². The Balaban J connectivity index is 2.05. The number of thiophene rings is 1. The molecule has 1 aromatic carbocycles. The van der Waals surface area contributed by atoms with Crippen LogP contribution >= 0.6 is 11.3 Å². The zero-order valence-corrected chi connectivity index (χ0v) is 12.7. The van der Waals surface area contributed by atoms with E-state index in [9.17, 15) is 0 Å². The molecule has 0 saturated carbocycles. The maximum Gasteiger partial charge on any atom is 0.00202 e. The fraction of sp³-hybridized carbons (Fsp3) is 0.412. The molecule has 1 atom stereocenters. The molecule has 1 unspecified atom stereocenters. The van der Waals surface area contributed by atoms with Gasteiger partial charge in [-0.05, 0) is 65.7 Å². The molecule has 1 aromatic heterocycles. The van der Waals surface area contributed by atoms with Crippen molar-refractivity contribution in [1.82, 2.24) is 5.32 Å². The highest BCUT2D eigenvalue weighted by molar-refractivity contribution is 7.07. The predicted octanol–water partition coefficient (Wildman–Crippen LogP) is 4.38. The summed E-state index contributed by atoms with van der Waals surface area (Å²) in [5.74, 6) is 0.612. The van der Waals surface area contributed by atoms with E-state index in [1.807, 2.05) is 0 Å². The third-order valence-electron chi connectivity index (χ3n) is 3.63. The first-order valence-electron chi connectivity index (χ1n) is 7.08. The van der Waals surface area contributed by atoms with Crippen molar-refractivity contribution in [3.8, 4) is 0 Å². The quantitative estimate of drug-likeness (QED) is 0.789. The van der Waals surface area contributed by atoms with Crippen LogP contribution < -0.4 is 5.32 Å². The minimum atomic E-state index is 0.612. The zero-order chi connectivity index (χ0) is 13.5. The van der Waals surface area contributed by atoms with E-state index in [1.54, 1.807) is 11.3 Å². The van der Waals surface area contributed by atoms with E-state index in [2.05, 4.69) is 60.3 Å². The van der Waals surface area contributed by atoms with Gasteiger partial charge < -0.3 is 5.32 Å². The lowest BCUT2D eigenvalue weighted by molar-refractivity contribution is 0.560. The van der Waals surface area contributed by atoms with Crippen LogP contribution in [0.15, 0.2) is 41.1 Å². The van der Waals surface area contributed by atoms with Gasteiger partial charge in [0.1, 0.15) is 0 Å². The van der Waals surface area contributed by atoms with Crippen LogP contribution in [0.3, 0.4) is 0 Å².